The molecule has 25 heavy (non-hydrogen) atoms. The van der Waals surface area contributed by atoms with Gasteiger partial charge in [-0.2, -0.15) is 0 Å². The topological polar surface area (TPSA) is 62.5 Å². The minimum Gasteiger partial charge on any atom is -0.508 e. The van der Waals surface area contributed by atoms with E-state index in [1.807, 2.05) is 6.07 Å². The summed E-state index contributed by atoms with van der Waals surface area (Å²) in [7, 11) is 0. The quantitative estimate of drug-likeness (QED) is 0.832. The summed E-state index contributed by atoms with van der Waals surface area (Å²) >= 11 is 0. The maximum Gasteiger partial charge on any atom is 0.336 e. The van der Waals surface area contributed by atoms with Gasteiger partial charge in [-0.1, -0.05) is 0 Å². The van der Waals surface area contributed by atoms with Crippen molar-refractivity contribution in [3.8, 4) is 5.75 Å². The van der Waals surface area contributed by atoms with Crippen LogP contribution in [-0.4, -0.2) is 11.7 Å². The zero-order chi connectivity index (χ0) is 17.0. The lowest BCUT2D eigenvalue weighted by molar-refractivity contribution is -0.0514. The van der Waals surface area contributed by atoms with Gasteiger partial charge < -0.3 is 14.8 Å². The monoisotopic (exact) mass is 339 g/mol. The number of nitrogens with one attached hydrogen (secondary N) is 1. The Morgan fingerprint density at radius 1 is 1.08 bits per heavy atom. The average Bonchev–Trinajstić information content (AvgIpc) is 2.52. The Kier molecular flexibility index (Phi) is 3.46. The lowest BCUT2D eigenvalue weighted by Gasteiger charge is -2.57. The Bertz CT molecular complexity index is 834. The Balaban J connectivity index is 1.34. The summed E-state index contributed by atoms with van der Waals surface area (Å²) < 4.78 is 5.22. The summed E-state index contributed by atoms with van der Waals surface area (Å²) in [6.07, 6.45) is 8.56. The van der Waals surface area contributed by atoms with Gasteiger partial charge in [-0.25, -0.2) is 4.79 Å². The van der Waals surface area contributed by atoms with Gasteiger partial charge in [0.15, 0.2) is 0 Å². The van der Waals surface area contributed by atoms with E-state index in [1.165, 1.54) is 44.6 Å². The highest BCUT2D eigenvalue weighted by atomic mass is 16.4. The number of hydrogen-bond acceptors (Lipinski definition) is 4. The van der Waals surface area contributed by atoms with Crippen LogP contribution >= 0.6 is 0 Å². The molecule has 4 heteroatoms. The minimum absolute atomic E-state index is 0.120. The van der Waals surface area contributed by atoms with Crippen LogP contribution in [0.2, 0.25) is 0 Å². The van der Waals surface area contributed by atoms with Gasteiger partial charge in [0.1, 0.15) is 11.3 Å². The summed E-state index contributed by atoms with van der Waals surface area (Å²) in [5.41, 5.74) is 1.54. The predicted molar refractivity (Wildman–Crippen MR) is 96.5 cm³/mol. The smallest absolute Gasteiger partial charge is 0.336 e. The molecule has 4 bridgehead atoms. The fourth-order valence-corrected chi connectivity index (χ4v) is 6.33. The summed E-state index contributed by atoms with van der Waals surface area (Å²) in [4.78, 5) is 11.8. The molecule has 2 N–H and O–H groups in total. The number of benzene rings is 1. The molecule has 0 radical (unpaired) electrons. The summed E-state index contributed by atoms with van der Waals surface area (Å²) in [6.45, 7) is 1.73. The van der Waals surface area contributed by atoms with Crippen molar-refractivity contribution in [1.82, 2.24) is 5.32 Å². The van der Waals surface area contributed by atoms with Crippen LogP contribution in [-0.2, 0) is 6.54 Å². The first kappa shape index (κ1) is 15.4. The Hall–Kier alpha value is -1.81. The molecule has 1 aromatic carbocycles. The van der Waals surface area contributed by atoms with E-state index in [2.05, 4.69) is 5.32 Å². The molecule has 0 atom stereocenters. The molecule has 1 aromatic heterocycles. The Labute approximate surface area is 147 Å². The lowest BCUT2D eigenvalue weighted by atomic mass is 9.49. The van der Waals surface area contributed by atoms with E-state index in [0.717, 1.165) is 35.2 Å². The highest BCUT2D eigenvalue weighted by molar-refractivity contribution is 5.81. The molecule has 4 aliphatic carbocycles. The normalized spacial score (nSPS) is 33.2. The SMILES string of the molecule is O=c1cc(CNCC23CC4CC(CC(C4)C2)C3)c2ccc(O)cc2o1. The molecule has 4 fully saturated rings. The van der Waals surface area contributed by atoms with E-state index in [9.17, 15) is 9.90 Å². The van der Waals surface area contributed by atoms with Crippen LogP contribution in [0.25, 0.3) is 11.0 Å². The second kappa shape index (κ2) is 5.60. The summed E-state index contributed by atoms with van der Waals surface area (Å²) in [6, 6.07) is 6.56. The fraction of sp³-hybridized carbons (Fsp3) is 0.571. The number of aromatic hydroxyl groups is 1. The van der Waals surface area contributed by atoms with Crippen molar-refractivity contribution < 1.29 is 9.52 Å². The molecule has 1 heterocycles. The van der Waals surface area contributed by atoms with Crippen molar-refractivity contribution in [2.75, 3.05) is 6.54 Å². The van der Waals surface area contributed by atoms with Crippen LogP contribution in [0.15, 0.2) is 33.5 Å². The van der Waals surface area contributed by atoms with E-state index >= 15 is 0 Å². The van der Waals surface area contributed by atoms with Gasteiger partial charge in [-0.3, -0.25) is 0 Å². The molecular formula is C21H25NO3. The third kappa shape index (κ3) is 2.77. The van der Waals surface area contributed by atoms with Crippen molar-refractivity contribution in [3.05, 3.63) is 40.2 Å². The zero-order valence-corrected chi connectivity index (χ0v) is 14.5. The van der Waals surface area contributed by atoms with E-state index in [4.69, 9.17) is 4.42 Å². The van der Waals surface area contributed by atoms with Crippen molar-refractivity contribution in [3.63, 3.8) is 0 Å². The molecule has 0 aliphatic heterocycles. The van der Waals surface area contributed by atoms with Crippen molar-refractivity contribution in [2.24, 2.45) is 23.2 Å². The van der Waals surface area contributed by atoms with Gasteiger partial charge in [0, 0.05) is 30.6 Å². The van der Waals surface area contributed by atoms with Crippen LogP contribution < -0.4 is 10.9 Å². The van der Waals surface area contributed by atoms with E-state index < -0.39 is 0 Å². The first-order valence-corrected chi connectivity index (χ1v) is 9.55. The van der Waals surface area contributed by atoms with Gasteiger partial charge in [0.25, 0.3) is 0 Å². The maximum absolute atomic E-state index is 11.8. The average molecular weight is 339 g/mol. The van der Waals surface area contributed by atoms with Crippen LogP contribution in [0.5, 0.6) is 5.75 Å². The molecule has 4 aliphatic rings. The Morgan fingerprint density at radius 3 is 2.44 bits per heavy atom. The first-order chi connectivity index (χ1) is 12.1. The van der Waals surface area contributed by atoms with Crippen LogP contribution in [0.3, 0.4) is 0 Å². The van der Waals surface area contributed by atoms with Gasteiger partial charge >= 0.3 is 5.63 Å². The second-order valence-corrected chi connectivity index (χ2v) is 8.79. The van der Waals surface area contributed by atoms with E-state index in [-0.39, 0.29) is 11.4 Å². The fourth-order valence-electron chi connectivity index (χ4n) is 6.33. The predicted octanol–water partition coefficient (Wildman–Crippen LogP) is 3.80. The highest BCUT2D eigenvalue weighted by Gasteiger charge is 2.50. The molecular weight excluding hydrogens is 314 g/mol. The molecule has 0 saturated heterocycles. The zero-order valence-electron chi connectivity index (χ0n) is 14.5. The summed E-state index contributed by atoms with van der Waals surface area (Å²) in [5.74, 6) is 3.00. The number of phenolic OH excluding ortho intramolecular Hbond substituents is 1. The highest BCUT2D eigenvalue weighted by Crippen LogP contribution is 2.59. The van der Waals surface area contributed by atoms with Crippen LogP contribution in [0, 0.1) is 23.2 Å². The number of fused-ring (bicyclic) bond motifs is 1. The molecule has 132 valence electrons. The van der Waals surface area contributed by atoms with Gasteiger partial charge in [0.2, 0.25) is 0 Å². The maximum atomic E-state index is 11.8. The molecule has 2 aromatic rings. The van der Waals surface area contributed by atoms with E-state index in [0.29, 0.717) is 17.5 Å². The minimum atomic E-state index is -0.357. The van der Waals surface area contributed by atoms with Gasteiger partial charge in [0.05, 0.1) is 0 Å². The number of phenols is 1. The molecule has 0 unspecified atom stereocenters. The number of rotatable bonds is 4. The standard InChI is InChI=1S/C21H25NO3/c23-17-1-2-18-16(6-20(24)25-19(18)7-17)11-22-12-21-8-13-3-14(9-21)5-15(4-13)10-21/h1-2,6-7,13-15,22-23H,3-5,8-12H2. The third-order valence-corrected chi connectivity index (χ3v) is 6.79. The van der Waals surface area contributed by atoms with Gasteiger partial charge in [-0.15, -0.1) is 0 Å². The lowest BCUT2D eigenvalue weighted by Crippen LogP contribution is -2.50. The second-order valence-electron chi connectivity index (χ2n) is 8.79. The summed E-state index contributed by atoms with van der Waals surface area (Å²) in [5, 5.41) is 14.2. The number of hydrogen-bond donors (Lipinski definition) is 2. The Morgan fingerprint density at radius 2 is 1.76 bits per heavy atom. The van der Waals surface area contributed by atoms with Crippen LogP contribution in [0.1, 0.15) is 44.1 Å². The first-order valence-electron chi connectivity index (χ1n) is 9.55. The van der Waals surface area contributed by atoms with Crippen molar-refractivity contribution in [1.29, 1.82) is 0 Å². The molecule has 4 nitrogen and oxygen atoms in total. The molecule has 0 spiro atoms. The molecule has 4 saturated carbocycles. The van der Waals surface area contributed by atoms with E-state index in [1.54, 1.807) is 12.1 Å². The molecule has 6 rings (SSSR count). The third-order valence-electron chi connectivity index (χ3n) is 6.79. The van der Waals surface area contributed by atoms with Crippen LogP contribution in [0.4, 0.5) is 0 Å². The van der Waals surface area contributed by atoms with Gasteiger partial charge in [-0.05, 0) is 79.4 Å². The largest absolute Gasteiger partial charge is 0.508 e. The molecule has 0 amide bonds. The van der Waals surface area contributed by atoms with Crippen molar-refractivity contribution in [2.45, 2.75) is 45.1 Å². The van der Waals surface area contributed by atoms with Crippen molar-refractivity contribution >= 4 is 11.0 Å².